The molecule has 7 heteroatoms. The SMILES string of the molecule is O=C(NC(CO)C(=O)Nc1ccc2ncccc2c1)c1ccncc1. The molecule has 3 aromatic rings. The number of hydrogen-bond acceptors (Lipinski definition) is 5. The van der Waals surface area contributed by atoms with Crippen LogP contribution in [0.3, 0.4) is 0 Å². The second-order valence-electron chi connectivity index (χ2n) is 5.34. The van der Waals surface area contributed by atoms with E-state index >= 15 is 0 Å². The van der Waals surface area contributed by atoms with E-state index < -0.39 is 24.5 Å². The van der Waals surface area contributed by atoms with E-state index in [1.165, 1.54) is 24.5 Å². The van der Waals surface area contributed by atoms with E-state index in [1.807, 2.05) is 6.07 Å². The number of benzene rings is 1. The van der Waals surface area contributed by atoms with Gasteiger partial charge in [-0.25, -0.2) is 0 Å². The lowest BCUT2D eigenvalue weighted by Crippen LogP contribution is -2.46. The Labute approximate surface area is 143 Å². The molecule has 0 fully saturated rings. The minimum Gasteiger partial charge on any atom is -0.394 e. The second-order valence-corrected chi connectivity index (χ2v) is 5.34. The average Bonchev–Trinajstić information content (AvgIpc) is 2.66. The monoisotopic (exact) mass is 336 g/mol. The largest absolute Gasteiger partial charge is 0.394 e. The molecule has 1 aromatic carbocycles. The van der Waals surface area contributed by atoms with Crippen LogP contribution in [0, 0.1) is 0 Å². The van der Waals surface area contributed by atoms with Crippen LogP contribution in [0.15, 0.2) is 61.1 Å². The highest BCUT2D eigenvalue weighted by molar-refractivity contribution is 6.01. The minimum atomic E-state index is -1.06. The fraction of sp³-hybridized carbons (Fsp3) is 0.111. The lowest BCUT2D eigenvalue weighted by Gasteiger charge is -2.16. The number of carbonyl (C=O) groups is 2. The number of nitrogens with one attached hydrogen (secondary N) is 2. The van der Waals surface area contributed by atoms with Crippen LogP contribution in [0.2, 0.25) is 0 Å². The predicted octanol–water partition coefficient (Wildman–Crippen LogP) is 1.36. The molecule has 0 aliphatic heterocycles. The molecular formula is C18H16N4O3. The van der Waals surface area contributed by atoms with Crippen molar-refractivity contribution in [2.75, 3.05) is 11.9 Å². The van der Waals surface area contributed by atoms with Crippen molar-refractivity contribution in [2.45, 2.75) is 6.04 Å². The van der Waals surface area contributed by atoms with Crippen molar-refractivity contribution in [3.63, 3.8) is 0 Å². The summed E-state index contributed by atoms with van der Waals surface area (Å²) in [6.45, 7) is -0.516. The van der Waals surface area contributed by atoms with Crippen LogP contribution >= 0.6 is 0 Å². The quantitative estimate of drug-likeness (QED) is 0.652. The summed E-state index contributed by atoms with van der Waals surface area (Å²) in [4.78, 5) is 32.5. The third kappa shape index (κ3) is 3.96. The summed E-state index contributed by atoms with van der Waals surface area (Å²) in [6.07, 6.45) is 4.65. The van der Waals surface area contributed by atoms with E-state index in [-0.39, 0.29) is 0 Å². The van der Waals surface area contributed by atoms with Gasteiger partial charge in [0, 0.05) is 35.2 Å². The van der Waals surface area contributed by atoms with E-state index in [4.69, 9.17) is 0 Å². The molecule has 7 nitrogen and oxygen atoms in total. The first-order valence-electron chi connectivity index (χ1n) is 7.65. The van der Waals surface area contributed by atoms with Crippen molar-refractivity contribution in [3.05, 3.63) is 66.6 Å². The first-order valence-corrected chi connectivity index (χ1v) is 7.65. The van der Waals surface area contributed by atoms with Gasteiger partial charge in [-0.3, -0.25) is 19.6 Å². The minimum absolute atomic E-state index is 0.359. The number of fused-ring (bicyclic) bond motifs is 1. The summed E-state index contributed by atoms with van der Waals surface area (Å²) < 4.78 is 0. The molecule has 0 radical (unpaired) electrons. The van der Waals surface area contributed by atoms with Gasteiger partial charge in [0.1, 0.15) is 6.04 Å². The predicted molar refractivity (Wildman–Crippen MR) is 92.9 cm³/mol. The van der Waals surface area contributed by atoms with Crippen LogP contribution in [0.4, 0.5) is 5.69 Å². The van der Waals surface area contributed by atoms with Gasteiger partial charge in [0.2, 0.25) is 5.91 Å². The molecule has 126 valence electrons. The van der Waals surface area contributed by atoms with Crippen molar-refractivity contribution in [3.8, 4) is 0 Å². The van der Waals surface area contributed by atoms with Gasteiger partial charge in [-0.2, -0.15) is 0 Å². The number of rotatable bonds is 5. The highest BCUT2D eigenvalue weighted by atomic mass is 16.3. The van der Waals surface area contributed by atoms with E-state index in [0.29, 0.717) is 11.3 Å². The standard InChI is InChI=1S/C18H16N4O3/c23-11-16(22-17(24)12-5-8-19-9-6-12)18(25)21-14-3-4-15-13(10-14)2-1-7-20-15/h1-10,16,23H,11H2,(H,21,25)(H,22,24). The van der Waals surface area contributed by atoms with Crippen LogP contribution < -0.4 is 10.6 Å². The summed E-state index contributed by atoms with van der Waals surface area (Å²) in [5, 5.41) is 15.5. The fourth-order valence-electron chi connectivity index (χ4n) is 2.32. The molecule has 0 bridgehead atoms. The summed E-state index contributed by atoms with van der Waals surface area (Å²) in [5.41, 5.74) is 1.73. The summed E-state index contributed by atoms with van der Waals surface area (Å²) in [7, 11) is 0. The summed E-state index contributed by atoms with van der Waals surface area (Å²) in [6, 6.07) is 11.0. The van der Waals surface area contributed by atoms with Crippen LogP contribution in [0.25, 0.3) is 10.9 Å². The van der Waals surface area contributed by atoms with Gasteiger partial charge < -0.3 is 15.7 Å². The number of anilines is 1. The number of carbonyl (C=O) groups excluding carboxylic acids is 2. The Morgan fingerprint density at radius 2 is 1.88 bits per heavy atom. The summed E-state index contributed by atoms with van der Waals surface area (Å²) >= 11 is 0. The zero-order valence-corrected chi connectivity index (χ0v) is 13.2. The van der Waals surface area contributed by atoms with E-state index in [9.17, 15) is 14.7 Å². The Bertz CT molecular complexity index is 899. The van der Waals surface area contributed by atoms with E-state index in [1.54, 1.807) is 30.5 Å². The number of aliphatic hydroxyl groups excluding tert-OH is 1. The molecule has 0 aliphatic carbocycles. The molecule has 1 atom stereocenters. The van der Waals surface area contributed by atoms with Crippen molar-refractivity contribution >= 4 is 28.4 Å². The second kappa shape index (κ2) is 7.50. The maximum absolute atomic E-state index is 12.3. The fourth-order valence-corrected chi connectivity index (χ4v) is 2.32. The smallest absolute Gasteiger partial charge is 0.252 e. The van der Waals surface area contributed by atoms with Gasteiger partial charge in [-0.1, -0.05) is 6.07 Å². The number of aliphatic hydroxyl groups is 1. The highest BCUT2D eigenvalue weighted by Gasteiger charge is 2.20. The molecule has 25 heavy (non-hydrogen) atoms. The van der Waals surface area contributed by atoms with Crippen molar-refractivity contribution in [1.82, 2.24) is 15.3 Å². The maximum Gasteiger partial charge on any atom is 0.252 e. The first-order chi connectivity index (χ1) is 12.2. The van der Waals surface area contributed by atoms with Gasteiger partial charge in [0.05, 0.1) is 12.1 Å². The van der Waals surface area contributed by atoms with Gasteiger partial charge in [0.15, 0.2) is 0 Å². The number of amides is 2. The van der Waals surface area contributed by atoms with Crippen molar-refractivity contribution in [1.29, 1.82) is 0 Å². The van der Waals surface area contributed by atoms with Gasteiger partial charge >= 0.3 is 0 Å². The molecule has 0 saturated heterocycles. The summed E-state index contributed by atoms with van der Waals surface area (Å²) in [5.74, 6) is -0.965. The normalized spacial score (nSPS) is 11.7. The lowest BCUT2D eigenvalue weighted by atomic mass is 10.2. The van der Waals surface area contributed by atoms with Crippen LogP contribution in [-0.2, 0) is 4.79 Å². The zero-order chi connectivity index (χ0) is 17.6. The average molecular weight is 336 g/mol. The maximum atomic E-state index is 12.3. The molecule has 2 aromatic heterocycles. The number of aromatic nitrogens is 2. The third-order valence-corrected chi connectivity index (χ3v) is 3.62. The molecule has 0 spiro atoms. The van der Waals surface area contributed by atoms with Crippen molar-refractivity contribution in [2.24, 2.45) is 0 Å². The zero-order valence-electron chi connectivity index (χ0n) is 13.2. The van der Waals surface area contributed by atoms with Crippen LogP contribution in [-0.4, -0.2) is 39.5 Å². The molecule has 2 heterocycles. The number of nitrogens with zero attached hydrogens (tertiary/aromatic N) is 2. The number of hydrogen-bond donors (Lipinski definition) is 3. The highest BCUT2D eigenvalue weighted by Crippen LogP contribution is 2.17. The van der Waals surface area contributed by atoms with Gasteiger partial charge in [0.25, 0.3) is 5.91 Å². The van der Waals surface area contributed by atoms with Crippen LogP contribution in [0.5, 0.6) is 0 Å². The topological polar surface area (TPSA) is 104 Å². The molecular weight excluding hydrogens is 320 g/mol. The number of pyridine rings is 2. The van der Waals surface area contributed by atoms with Gasteiger partial charge in [-0.05, 0) is 36.4 Å². The van der Waals surface area contributed by atoms with Gasteiger partial charge in [-0.15, -0.1) is 0 Å². The molecule has 0 saturated carbocycles. The molecule has 1 unspecified atom stereocenters. The first kappa shape index (κ1) is 16.5. The van der Waals surface area contributed by atoms with Crippen LogP contribution in [0.1, 0.15) is 10.4 Å². The Kier molecular flexibility index (Phi) is 4.96. The Morgan fingerprint density at radius 1 is 1.08 bits per heavy atom. The molecule has 0 aliphatic rings. The Hall–Kier alpha value is -3.32. The Balaban J connectivity index is 1.70. The Morgan fingerprint density at radius 3 is 2.64 bits per heavy atom. The molecule has 3 N–H and O–H groups in total. The molecule has 2 amide bonds. The van der Waals surface area contributed by atoms with E-state index in [0.717, 1.165) is 10.9 Å². The molecule has 3 rings (SSSR count). The van der Waals surface area contributed by atoms with E-state index in [2.05, 4.69) is 20.6 Å². The lowest BCUT2D eigenvalue weighted by molar-refractivity contribution is -0.118. The third-order valence-electron chi connectivity index (χ3n) is 3.62. The van der Waals surface area contributed by atoms with Crippen molar-refractivity contribution < 1.29 is 14.7 Å².